The molecule has 0 heterocycles. The Labute approximate surface area is 108 Å². The smallest absolute Gasteiger partial charge is 2.00 e. The van der Waals surface area contributed by atoms with Gasteiger partial charge in [-0.05, 0) is 0 Å². The number of hydrogen-bond acceptors (Lipinski definition) is 0. The molecule has 5 nitrogen and oxygen atoms in total. The predicted molar refractivity (Wildman–Crippen MR) is 3.43 cm³/mol. The molecule has 0 rings (SSSR count). The maximum absolute atomic E-state index is 0. The van der Waals surface area contributed by atoms with E-state index in [0.717, 1.165) is 0 Å². The minimum Gasteiger partial charge on any atom is -2.00 e. The fourth-order valence-corrected chi connectivity index (χ4v) is 0. The van der Waals surface area contributed by atoms with Crippen LogP contribution in [0.4, 0.5) is 0 Å². The van der Waals surface area contributed by atoms with Crippen molar-refractivity contribution in [2.75, 3.05) is 0 Å². The first-order chi connectivity index (χ1) is 0. The molecule has 0 unspecified atom stereocenters. The second-order valence-electron chi connectivity index (χ2n) is 0. The maximum atomic E-state index is 0. The molecule has 0 fully saturated rings. The molecule has 0 aliphatic rings. The van der Waals surface area contributed by atoms with Crippen molar-refractivity contribution in [1.82, 2.24) is 0 Å². The van der Waals surface area contributed by atoms with Gasteiger partial charge < -0.3 is 27.4 Å². The second-order valence-corrected chi connectivity index (χ2v) is 0. The minimum atomic E-state index is 0. The van der Waals surface area contributed by atoms with E-state index in [4.69, 9.17) is 0 Å². The van der Waals surface area contributed by atoms with E-state index in [1.165, 1.54) is 0 Å². The molecule has 50 valence electrons. The van der Waals surface area contributed by atoms with Crippen LogP contribution in [0, 0.1) is 0 Å². The van der Waals surface area contributed by atoms with E-state index < -0.39 is 0 Å². The molecular weight excluding hydrogens is 368 g/mol. The predicted octanol–water partition coefficient (Wildman–Crippen LogP) is -0.604. The molecule has 9 heteroatoms. The summed E-state index contributed by atoms with van der Waals surface area (Å²) in [6, 6.07) is 0. The van der Waals surface area contributed by atoms with Crippen LogP contribution in [0.5, 0.6) is 0 Å². The van der Waals surface area contributed by atoms with Crippen molar-refractivity contribution in [3.63, 3.8) is 0 Å². The van der Waals surface area contributed by atoms with Crippen LogP contribution in [-0.2, 0) is 109 Å². The van der Waals surface area contributed by atoms with Crippen LogP contribution in [0.25, 0.3) is 0 Å². The SMILES string of the molecule is [Nb].[Nb].[O-2].[O-2].[O-2].[O-2].[O-2].[V+5].[V+5]. The van der Waals surface area contributed by atoms with Gasteiger partial charge in [0.2, 0.25) is 0 Å². The van der Waals surface area contributed by atoms with Gasteiger partial charge in [-0.3, -0.25) is 0 Å². The summed E-state index contributed by atoms with van der Waals surface area (Å²) in [5, 5.41) is 0. The summed E-state index contributed by atoms with van der Waals surface area (Å²) in [5.41, 5.74) is 0. The molecule has 0 saturated carbocycles. The summed E-state index contributed by atoms with van der Waals surface area (Å²) in [4.78, 5) is 0. The second kappa shape index (κ2) is 156. The number of hydrogen-bond donors (Lipinski definition) is 0. The van der Waals surface area contributed by atoms with E-state index in [-0.39, 0.29) is 109 Å². The molecule has 0 bridgehead atoms. The first kappa shape index (κ1) is 208. The van der Waals surface area contributed by atoms with Crippen LogP contribution in [0.1, 0.15) is 0 Å². The fourth-order valence-electron chi connectivity index (χ4n) is 0. The van der Waals surface area contributed by atoms with E-state index >= 15 is 0 Å². The summed E-state index contributed by atoms with van der Waals surface area (Å²) in [6.07, 6.45) is 0. The van der Waals surface area contributed by atoms with Gasteiger partial charge in [-0.15, -0.1) is 0 Å². The third-order valence-corrected chi connectivity index (χ3v) is 0. The molecule has 0 aromatic heterocycles. The fraction of sp³-hybridized carbons (Fsp3) is 0. The van der Waals surface area contributed by atoms with E-state index in [1.54, 1.807) is 0 Å². The van der Waals surface area contributed by atoms with Crippen molar-refractivity contribution in [3.8, 4) is 0 Å². The summed E-state index contributed by atoms with van der Waals surface area (Å²) < 4.78 is 0. The van der Waals surface area contributed by atoms with E-state index in [0.29, 0.717) is 0 Å². The van der Waals surface area contributed by atoms with Crippen molar-refractivity contribution < 1.29 is 109 Å². The van der Waals surface area contributed by atoms with Crippen LogP contribution in [0.15, 0.2) is 0 Å². The molecule has 9 heavy (non-hydrogen) atoms. The molecule has 0 N–H and O–H groups in total. The molecule has 0 amide bonds. The Morgan fingerprint density at radius 1 is 0.333 bits per heavy atom. The molecule has 0 aliphatic carbocycles. The van der Waals surface area contributed by atoms with Gasteiger partial charge in [-0.1, -0.05) is 0 Å². The molecular formula is Nb2O5V2. The van der Waals surface area contributed by atoms with Crippen molar-refractivity contribution in [2.45, 2.75) is 0 Å². The van der Waals surface area contributed by atoms with Crippen molar-refractivity contribution in [2.24, 2.45) is 0 Å². The topological polar surface area (TPSA) is 142 Å². The van der Waals surface area contributed by atoms with Crippen LogP contribution in [-0.4, -0.2) is 0 Å². The Kier molecular flexibility index (Phi) is 3600. The monoisotopic (exact) mass is 368 g/mol. The van der Waals surface area contributed by atoms with Crippen LogP contribution in [0.2, 0.25) is 0 Å². The van der Waals surface area contributed by atoms with E-state index in [1.807, 2.05) is 0 Å². The summed E-state index contributed by atoms with van der Waals surface area (Å²) >= 11 is 0. The Morgan fingerprint density at radius 2 is 0.333 bits per heavy atom. The molecule has 0 saturated heterocycles. The zero-order valence-corrected chi connectivity index (χ0v) is 11.0. The van der Waals surface area contributed by atoms with Gasteiger partial charge in [0.05, 0.1) is 0 Å². The van der Waals surface area contributed by atoms with Gasteiger partial charge in [-0.2, -0.15) is 0 Å². The van der Waals surface area contributed by atoms with Crippen LogP contribution in [0.3, 0.4) is 0 Å². The molecule has 0 atom stereocenters. The minimum absolute atomic E-state index is 0. The van der Waals surface area contributed by atoms with E-state index in [2.05, 4.69) is 0 Å². The Hall–Kier alpha value is 2.45. The van der Waals surface area contributed by atoms with Crippen molar-refractivity contribution >= 4 is 0 Å². The first-order valence-corrected chi connectivity index (χ1v) is 0. The average Bonchev–Trinajstić information content (AvgIpc) is 0. The quantitative estimate of drug-likeness (QED) is 0.504. The normalized spacial score (nSPS) is 0. The molecule has 0 spiro atoms. The average molecular weight is 368 g/mol. The Bertz CT molecular complexity index is 12.9. The summed E-state index contributed by atoms with van der Waals surface area (Å²) in [6.45, 7) is 0. The molecule has 0 aliphatic heterocycles. The van der Waals surface area contributed by atoms with E-state index in [9.17, 15) is 0 Å². The third-order valence-electron chi connectivity index (χ3n) is 0. The maximum Gasteiger partial charge on any atom is 5.00 e. The first-order valence-electron chi connectivity index (χ1n) is 0. The van der Waals surface area contributed by atoms with Gasteiger partial charge >= 0.3 is 37.1 Å². The van der Waals surface area contributed by atoms with Gasteiger partial charge in [0.25, 0.3) is 0 Å². The van der Waals surface area contributed by atoms with Crippen molar-refractivity contribution in [3.05, 3.63) is 0 Å². The number of rotatable bonds is 0. The van der Waals surface area contributed by atoms with Crippen LogP contribution >= 0.6 is 0 Å². The van der Waals surface area contributed by atoms with Crippen molar-refractivity contribution in [1.29, 1.82) is 0 Å². The third kappa shape index (κ3) is 124. The van der Waals surface area contributed by atoms with Crippen LogP contribution < -0.4 is 0 Å². The standard InChI is InChI=1S/2Nb.5O.2V/q;;5*-2;2*+5. The summed E-state index contributed by atoms with van der Waals surface area (Å²) in [7, 11) is 0. The van der Waals surface area contributed by atoms with Gasteiger partial charge in [0, 0.05) is 44.8 Å². The Morgan fingerprint density at radius 3 is 0.333 bits per heavy atom. The van der Waals surface area contributed by atoms with Gasteiger partial charge in [-0.25, -0.2) is 0 Å². The van der Waals surface area contributed by atoms with Gasteiger partial charge in [0.15, 0.2) is 0 Å². The zero-order chi connectivity index (χ0) is 0. The summed E-state index contributed by atoms with van der Waals surface area (Å²) in [5.74, 6) is 0. The van der Waals surface area contributed by atoms with Gasteiger partial charge in [0.1, 0.15) is 0 Å². The molecule has 0 aromatic rings. The Balaban J connectivity index is 0. The zero-order valence-electron chi connectivity index (χ0n) is 3.83. The molecule has 0 aromatic carbocycles. The molecule has 2 radical (unpaired) electrons. The largest absolute Gasteiger partial charge is 5.00 e.